The van der Waals surface area contributed by atoms with Crippen molar-refractivity contribution in [3.05, 3.63) is 12.2 Å². The summed E-state index contributed by atoms with van der Waals surface area (Å²) in [6.45, 7) is 20.2. The lowest BCUT2D eigenvalue weighted by Gasteiger charge is -2.46. The van der Waals surface area contributed by atoms with Crippen molar-refractivity contribution in [3.63, 3.8) is 0 Å². The lowest BCUT2D eigenvalue weighted by Crippen LogP contribution is -2.49. The van der Waals surface area contributed by atoms with Gasteiger partial charge in [-0.3, -0.25) is 4.79 Å². The van der Waals surface area contributed by atoms with E-state index in [0.29, 0.717) is 31.2 Å². The minimum atomic E-state index is -0.934. The molecule has 1 amide bonds. The van der Waals surface area contributed by atoms with Crippen LogP contribution in [0.4, 0.5) is 4.79 Å². The monoisotopic (exact) mass is 424 g/mol. The Morgan fingerprint density at radius 3 is 2.27 bits per heavy atom. The first-order chi connectivity index (χ1) is 13.5. The van der Waals surface area contributed by atoms with Gasteiger partial charge in [-0.05, 0) is 77.3 Å². The molecule has 0 aromatic heterocycles. The Bertz CT molecular complexity index is 639. The first-order valence-corrected chi connectivity index (χ1v) is 11.0. The highest BCUT2D eigenvalue weighted by atomic mass is 16.6. The molecule has 6 nitrogen and oxygen atoms in total. The summed E-state index contributed by atoms with van der Waals surface area (Å²) < 4.78 is 11.4. The molecule has 2 atom stereocenters. The maximum atomic E-state index is 12.5. The van der Waals surface area contributed by atoms with E-state index in [1.807, 2.05) is 20.9 Å². The molecule has 1 fully saturated rings. The topological polar surface area (TPSA) is 76.7 Å². The molecule has 174 valence electrons. The van der Waals surface area contributed by atoms with Crippen molar-refractivity contribution in [2.24, 2.45) is 10.8 Å². The van der Waals surface area contributed by atoms with Crippen LogP contribution in [0.25, 0.3) is 0 Å². The van der Waals surface area contributed by atoms with Gasteiger partial charge in [0.15, 0.2) is 5.78 Å². The van der Waals surface area contributed by atoms with Gasteiger partial charge in [-0.2, -0.15) is 0 Å². The van der Waals surface area contributed by atoms with Crippen molar-refractivity contribution in [1.29, 1.82) is 0 Å². The second-order valence-corrected chi connectivity index (χ2v) is 11.3. The lowest BCUT2D eigenvalue weighted by molar-refractivity contribution is -0.138. The molecule has 0 aromatic rings. The number of Topliss-reactive ketones (excluding diaryl/α,β-unsaturated/α-hetero) is 1. The minimum Gasteiger partial charge on any atom is -0.443 e. The number of ketones is 1. The van der Waals surface area contributed by atoms with Gasteiger partial charge in [-0.15, -0.1) is 0 Å². The average Bonchev–Trinajstić information content (AvgIpc) is 2.56. The minimum absolute atomic E-state index is 0.0225. The Labute approximate surface area is 183 Å². The number of carbonyl (C=O) groups is 2. The molecule has 0 radical (unpaired) electrons. The van der Waals surface area contributed by atoms with Gasteiger partial charge in [0.2, 0.25) is 0 Å². The summed E-state index contributed by atoms with van der Waals surface area (Å²) in [6, 6.07) is 0.454. The highest BCUT2D eigenvalue weighted by Crippen LogP contribution is 2.45. The van der Waals surface area contributed by atoms with Crippen LogP contribution in [-0.4, -0.2) is 49.3 Å². The zero-order chi connectivity index (χ0) is 23.4. The molecule has 2 N–H and O–H groups in total. The third-order valence-electron chi connectivity index (χ3n) is 5.98. The molecule has 0 saturated heterocycles. The fraction of sp³-hybridized carbons (Fsp3) is 0.833. The number of rotatable bonds is 10. The molecule has 0 bridgehead atoms. The van der Waals surface area contributed by atoms with Crippen LogP contribution in [0.15, 0.2) is 12.2 Å². The van der Waals surface area contributed by atoms with E-state index in [2.05, 4.69) is 38.0 Å². The summed E-state index contributed by atoms with van der Waals surface area (Å²) in [5.41, 5.74) is -0.913. The molecule has 30 heavy (non-hydrogen) atoms. The molecule has 0 aliphatic heterocycles. The first-order valence-electron chi connectivity index (χ1n) is 11.0. The molecule has 0 aromatic carbocycles. The largest absolute Gasteiger partial charge is 0.443 e. The maximum absolute atomic E-state index is 12.5. The zero-order valence-corrected chi connectivity index (χ0v) is 20.7. The van der Waals surface area contributed by atoms with E-state index in [4.69, 9.17) is 9.47 Å². The maximum Gasteiger partial charge on any atom is 0.407 e. The van der Waals surface area contributed by atoms with Crippen molar-refractivity contribution in [2.45, 2.75) is 98.3 Å². The standard InChI is InChI=1S/C24H44N2O4/c1-17(2)19(27)23(7,8)29-12-11-22(5,6)30-20(28)26-16-24(9)14-18(25-10)13-21(3,4)15-24/h18,25H,1,11-16H2,2-10H3,(H,26,28). The van der Waals surface area contributed by atoms with Gasteiger partial charge >= 0.3 is 6.09 Å². The molecule has 0 heterocycles. The van der Waals surface area contributed by atoms with Crippen molar-refractivity contribution in [2.75, 3.05) is 20.2 Å². The fourth-order valence-electron chi connectivity index (χ4n) is 4.73. The number of hydrogen-bond donors (Lipinski definition) is 2. The van der Waals surface area contributed by atoms with Gasteiger partial charge in [-0.1, -0.05) is 27.4 Å². The molecular weight excluding hydrogens is 380 g/mol. The van der Waals surface area contributed by atoms with Crippen LogP contribution < -0.4 is 10.6 Å². The van der Waals surface area contributed by atoms with Crippen LogP contribution >= 0.6 is 0 Å². The smallest absolute Gasteiger partial charge is 0.407 e. The van der Waals surface area contributed by atoms with Crippen molar-refractivity contribution in [3.8, 4) is 0 Å². The van der Waals surface area contributed by atoms with Crippen LogP contribution in [0.1, 0.15) is 81.1 Å². The third-order valence-corrected chi connectivity index (χ3v) is 5.98. The Balaban J connectivity index is 2.53. The second kappa shape index (κ2) is 9.82. The summed E-state index contributed by atoms with van der Waals surface area (Å²) >= 11 is 0. The molecule has 1 saturated carbocycles. The zero-order valence-electron chi connectivity index (χ0n) is 20.7. The Hall–Kier alpha value is -1.40. The Morgan fingerprint density at radius 2 is 1.73 bits per heavy atom. The van der Waals surface area contributed by atoms with Crippen LogP contribution in [0, 0.1) is 10.8 Å². The predicted octanol–water partition coefficient (Wildman–Crippen LogP) is 4.63. The van der Waals surface area contributed by atoms with Crippen LogP contribution in [0.5, 0.6) is 0 Å². The summed E-state index contributed by atoms with van der Waals surface area (Å²) in [5.74, 6) is -0.123. The SMILES string of the molecule is C=C(C)C(=O)C(C)(C)OCCC(C)(C)OC(=O)NCC1(C)CC(NC)CC(C)(C)C1. The fourth-order valence-corrected chi connectivity index (χ4v) is 4.73. The Kier molecular flexibility index (Phi) is 8.72. The van der Waals surface area contributed by atoms with Crippen LogP contribution in [0.3, 0.4) is 0 Å². The molecule has 0 spiro atoms. The normalized spacial score (nSPS) is 24.2. The predicted molar refractivity (Wildman–Crippen MR) is 122 cm³/mol. The highest BCUT2D eigenvalue weighted by molar-refractivity contribution is 6.00. The number of carbonyl (C=O) groups excluding carboxylic acids is 2. The van der Waals surface area contributed by atoms with Gasteiger partial charge in [0.25, 0.3) is 0 Å². The molecule has 2 unspecified atom stereocenters. The van der Waals surface area contributed by atoms with E-state index in [-0.39, 0.29) is 16.6 Å². The molecule has 1 aliphatic carbocycles. The number of hydrogen-bond acceptors (Lipinski definition) is 5. The van der Waals surface area contributed by atoms with Crippen molar-refractivity contribution in [1.82, 2.24) is 10.6 Å². The van der Waals surface area contributed by atoms with Crippen molar-refractivity contribution < 1.29 is 19.1 Å². The molecule has 1 aliphatic rings. The number of alkyl carbamates (subject to hydrolysis) is 1. The van der Waals surface area contributed by atoms with Gasteiger partial charge in [-0.25, -0.2) is 4.79 Å². The summed E-state index contributed by atoms with van der Waals surface area (Å²) in [7, 11) is 2.00. The first kappa shape index (κ1) is 26.6. The van der Waals surface area contributed by atoms with E-state index >= 15 is 0 Å². The average molecular weight is 425 g/mol. The van der Waals surface area contributed by atoms with E-state index in [1.165, 1.54) is 0 Å². The highest BCUT2D eigenvalue weighted by Gasteiger charge is 2.41. The third kappa shape index (κ3) is 8.38. The Morgan fingerprint density at radius 1 is 1.13 bits per heavy atom. The van der Waals surface area contributed by atoms with Gasteiger partial charge in [0, 0.05) is 19.0 Å². The van der Waals surface area contributed by atoms with Gasteiger partial charge < -0.3 is 20.1 Å². The van der Waals surface area contributed by atoms with Gasteiger partial charge in [0.1, 0.15) is 11.2 Å². The molecule has 1 rings (SSSR count). The van der Waals surface area contributed by atoms with E-state index in [1.54, 1.807) is 20.8 Å². The van der Waals surface area contributed by atoms with E-state index in [0.717, 1.165) is 19.3 Å². The number of amides is 1. The quantitative estimate of drug-likeness (QED) is 0.500. The molecular formula is C24H44N2O4. The summed E-state index contributed by atoms with van der Waals surface area (Å²) in [6.07, 6.45) is 3.29. The summed E-state index contributed by atoms with van der Waals surface area (Å²) in [4.78, 5) is 24.6. The van der Waals surface area contributed by atoms with Crippen molar-refractivity contribution >= 4 is 11.9 Å². The molecule has 6 heteroatoms. The van der Waals surface area contributed by atoms with E-state index in [9.17, 15) is 9.59 Å². The lowest BCUT2D eigenvalue weighted by atomic mass is 9.62. The van der Waals surface area contributed by atoms with Crippen LogP contribution in [-0.2, 0) is 14.3 Å². The summed E-state index contributed by atoms with van der Waals surface area (Å²) in [5, 5.41) is 6.38. The van der Waals surface area contributed by atoms with E-state index < -0.39 is 17.3 Å². The number of ether oxygens (including phenoxy) is 2. The number of nitrogens with one attached hydrogen (secondary N) is 2. The van der Waals surface area contributed by atoms with Gasteiger partial charge in [0.05, 0.1) is 6.61 Å². The second-order valence-electron chi connectivity index (χ2n) is 11.3. The van der Waals surface area contributed by atoms with Crippen LogP contribution in [0.2, 0.25) is 0 Å².